The normalized spacial score (nSPS) is 11.8. The van der Waals surface area contributed by atoms with Crippen LogP contribution >= 0.6 is 27.5 Å². The highest BCUT2D eigenvalue weighted by Gasteiger charge is 2.14. The van der Waals surface area contributed by atoms with E-state index in [0.717, 1.165) is 9.50 Å². The van der Waals surface area contributed by atoms with Crippen LogP contribution in [0.15, 0.2) is 22.7 Å². The van der Waals surface area contributed by atoms with Crippen LogP contribution < -0.4 is 0 Å². The molecule has 2 heteroatoms. The van der Waals surface area contributed by atoms with E-state index < -0.39 is 0 Å². The highest BCUT2D eigenvalue weighted by molar-refractivity contribution is 9.10. The first-order valence-electron chi connectivity index (χ1n) is 3.87. The average molecular weight is 248 g/mol. The van der Waals surface area contributed by atoms with Crippen LogP contribution in [0.4, 0.5) is 0 Å². The van der Waals surface area contributed by atoms with Gasteiger partial charge in [0.1, 0.15) is 0 Å². The van der Waals surface area contributed by atoms with Gasteiger partial charge in [0.05, 0.1) is 5.02 Å². The average Bonchev–Trinajstić information content (AvgIpc) is 1.92. The molecule has 12 heavy (non-hydrogen) atoms. The summed E-state index contributed by atoms with van der Waals surface area (Å²) in [5.41, 5.74) is 1.43. The summed E-state index contributed by atoms with van der Waals surface area (Å²) in [5.74, 6) is 0. The minimum atomic E-state index is 0.171. The van der Waals surface area contributed by atoms with Gasteiger partial charge in [0.15, 0.2) is 0 Å². The molecule has 0 fully saturated rings. The van der Waals surface area contributed by atoms with Crippen molar-refractivity contribution in [3.63, 3.8) is 0 Å². The van der Waals surface area contributed by atoms with Crippen molar-refractivity contribution in [3.05, 3.63) is 33.3 Å². The Bertz CT molecular complexity index is 286. The van der Waals surface area contributed by atoms with Crippen LogP contribution in [0.5, 0.6) is 0 Å². The SMILES string of the molecule is CC(C)(C)c1ccc(Br)c(Cl)c1. The van der Waals surface area contributed by atoms with Crippen LogP contribution in [0.1, 0.15) is 26.3 Å². The Labute approximate surface area is 87.1 Å². The first kappa shape index (κ1) is 10.1. The van der Waals surface area contributed by atoms with Gasteiger partial charge >= 0.3 is 0 Å². The molecule has 0 saturated carbocycles. The Balaban J connectivity index is 3.14. The Morgan fingerprint density at radius 3 is 2.25 bits per heavy atom. The third-order valence-electron chi connectivity index (χ3n) is 1.79. The molecule has 1 aromatic carbocycles. The molecule has 0 radical (unpaired) electrons. The maximum atomic E-state index is 5.97. The summed E-state index contributed by atoms with van der Waals surface area (Å²) in [6.45, 7) is 6.52. The predicted molar refractivity (Wildman–Crippen MR) is 57.9 cm³/mol. The molecule has 66 valence electrons. The summed E-state index contributed by atoms with van der Waals surface area (Å²) < 4.78 is 0.956. The Morgan fingerprint density at radius 2 is 1.83 bits per heavy atom. The Hall–Kier alpha value is -0.0100. The fourth-order valence-electron chi connectivity index (χ4n) is 0.963. The number of hydrogen-bond donors (Lipinski definition) is 0. The number of benzene rings is 1. The molecule has 0 aromatic heterocycles. The lowest BCUT2D eigenvalue weighted by molar-refractivity contribution is 0.590. The van der Waals surface area contributed by atoms with Crippen molar-refractivity contribution in [1.29, 1.82) is 0 Å². The van der Waals surface area contributed by atoms with Crippen LogP contribution in [0.3, 0.4) is 0 Å². The zero-order chi connectivity index (χ0) is 9.35. The largest absolute Gasteiger partial charge is 0.0831 e. The molecule has 0 unspecified atom stereocenters. The van der Waals surface area contributed by atoms with Gasteiger partial charge in [0.2, 0.25) is 0 Å². The molecule has 0 nitrogen and oxygen atoms in total. The highest BCUT2D eigenvalue weighted by atomic mass is 79.9. The molecule has 1 aromatic rings. The van der Waals surface area contributed by atoms with Gasteiger partial charge in [-0.3, -0.25) is 0 Å². The minimum Gasteiger partial charge on any atom is -0.0831 e. The van der Waals surface area contributed by atoms with Crippen molar-refractivity contribution in [3.8, 4) is 0 Å². The maximum Gasteiger partial charge on any atom is 0.0551 e. The fourth-order valence-corrected chi connectivity index (χ4v) is 1.39. The van der Waals surface area contributed by atoms with Gasteiger partial charge in [0, 0.05) is 4.47 Å². The lowest BCUT2D eigenvalue weighted by Crippen LogP contribution is -2.10. The Morgan fingerprint density at radius 1 is 1.25 bits per heavy atom. The van der Waals surface area contributed by atoms with Gasteiger partial charge in [-0.05, 0) is 39.0 Å². The molecule has 0 atom stereocenters. The van der Waals surface area contributed by atoms with Gasteiger partial charge in [-0.1, -0.05) is 38.4 Å². The van der Waals surface area contributed by atoms with E-state index in [1.807, 2.05) is 12.1 Å². The van der Waals surface area contributed by atoms with Crippen molar-refractivity contribution in [2.75, 3.05) is 0 Å². The second-order valence-corrected chi connectivity index (χ2v) is 5.14. The predicted octanol–water partition coefficient (Wildman–Crippen LogP) is 4.40. The third kappa shape index (κ3) is 2.24. The van der Waals surface area contributed by atoms with E-state index in [2.05, 4.69) is 42.8 Å². The second kappa shape index (κ2) is 3.39. The number of halogens is 2. The van der Waals surface area contributed by atoms with Crippen molar-refractivity contribution >= 4 is 27.5 Å². The third-order valence-corrected chi connectivity index (χ3v) is 3.02. The molecular weight excluding hydrogens is 235 g/mol. The molecule has 0 bridgehead atoms. The summed E-state index contributed by atoms with van der Waals surface area (Å²) >= 11 is 9.34. The molecule has 0 aliphatic carbocycles. The van der Waals surface area contributed by atoms with Crippen LogP contribution in [0.2, 0.25) is 5.02 Å². The molecule has 0 N–H and O–H groups in total. The Kier molecular flexibility index (Phi) is 2.84. The van der Waals surface area contributed by atoms with E-state index >= 15 is 0 Å². The summed E-state index contributed by atoms with van der Waals surface area (Å²) in [7, 11) is 0. The molecule has 0 spiro atoms. The van der Waals surface area contributed by atoms with E-state index in [-0.39, 0.29) is 5.41 Å². The van der Waals surface area contributed by atoms with Gasteiger partial charge < -0.3 is 0 Å². The monoisotopic (exact) mass is 246 g/mol. The van der Waals surface area contributed by atoms with E-state index in [1.165, 1.54) is 5.56 Å². The molecular formula is C10H12BrCl. The van der Waals surface area contributed by atoms with E-state index in [0.29, 0.717) is 0 Å². The van der Waals surface area contributed by atoms with E-state index in [9.17, 15) is 0 Å². The standard InChI is InChI=1S/C10H12BrCl/c1-10(2,3)7-4-5-8(11)9(12)6-7/h4-6H,1-3H3. The fraction of sp³-hybridized carbons (Fsp3) is 0.400. The van der Waals surface area contributed by atoms with Crippen molar-refractivity contribution < 1.29 is 0 Å². The molecule has 0 aliphatic heterocycles. The minimum absolute atomic E-state index is 0.171. The lowest BCUT2D eigenvalue weighted by Gasteiger charge is -2.19. The summed E-state index contributed by atoms with van der Waals surface area (Å²) in [6, 6.07) is 6.09. The molecule has 0 amide bonds. The van der Waals surface area contributed by atoms with Gasteiger partial charge in [-0.2, -0.15) is 0 Å². The molecule has 1 rings (SSSR count). The maximum absolute atomic E-state index is 5.97. The van der Waals surface area contributed by atoms with Crippen molar-refractivity contribution in [2.45, 2.75) is 26.2 Å². The van der Waals surface area contributed by atoms with Crippen molar-refractivity contribution in [2.24, 2.45) is 0 Å². The van der Waals surface area contributed by atoms with Gasteiger partial charge in [-0.25, -0.2) is 0 Å². The summed E-state index contributed by atoms with van der Waals surface area (Å²) in [6.07, 6.45) is 0. The number of hydrogen-bond acceptors (Lipinski definition) is 0. The first-order chi connectivity index (χ1) is 5.41. The van der Waals surface area contributed by atoms with Gasteiger partial charge in [-0.15, -0.1) is 0 Å². The summed E-state index contributed by atoms with van der Waals surface area (Å²) in [4.78, 5) is 0. The van der Waals surface area contributed by atoms with E-state index in [1.54, 1.807) is 0 Å². The van der Waals surface area contributed by atoms with E-state index in [4.69, 9.17) is 11.6 Å². The van der Waals surface area contributed by atoms with Crippen LogP contribution in [-0.2, 0) is 5.41 Å². The lowest BCUT2D eigenvalue weighted by atomic mass is 9.87. The molecule has 0 saturated heterocycles. The molecule has 0 heterocycles. The first-order valence-corrected chi connectivity index (χ1v) is 5.04. The smallest absolute Gasteiger partial charge is 0.0551 e. The van der Waals surface area contributed by atoms with Crippen LogP contribution in [0, 0.1) is 0 Å². The topological polar surface area (TPSA) is 0 Å². The van der Waals surface area contributed by atoms with Gasteiger partial charge in [0.25, 0.3) is 0 Å². The summed E-state index contributed by atoms with van der Waals surface area (Å²) in [5, 5.41) is 0.780. The van der Waals surface area contributed by atoms with Crippen LogP contribution in [-0.4, -0.2) is 0 Å². The second-order valence-electron chi connectivity index (χ2n) is 3.88. The number of rotatable bonds is 0. The zero-order valence-electron chi connectivity index (χ0n) is 7.49. The zero-order valence-corrected chi connectivity index (χ0v) is 9.83. The quantitative estimate of drug-likeness (QED) is 0.637. The molecule has 0 aliphatic rings. The highest BCUT2D eigenvalue weighted by Crippen LogP contribution is 2.29. The van der Waals surface area contributed by atoms with Crippen molar-refractivity contribution in [1.82, 2.24) is 0 Å². The van der Waals surface area contributed by atoms with Crippen LogP contribution in [0.25, 0.3) is 0 Å².